The molecule has 6 heteroatoms. The Bertz CT molecular complexity index is 635. The molecule has 96 valence electrons. The predicted molar refractivity (Wildman–Crippen MR) is 65.6 cm³/mol. The number of nitrogen functional groups attached to an aromatic ring is 1. The maximum absolute atomic E-state index is 12.8. The highest BCUT2D eigenvalue weighted by Crippen LogP contribution is 2.38. The summed E-state index contributed by atoms with van der Waals surface area (Å²) < 4.78 is 38.5. The van der Waals surface area contributed by atoms with Crippen LogP contribution in [0.2, 0.25) is 5.02 Å². The Morgan fingerprint density at radius 2 is 1.83 bits per heavy atom. The van der Waals surface area contributed by atoms with Gasteiger partial charge in [-0.15, -0.1) is 0 Å². The smallest absolute Gasteiger partial charge is 0.398 e. The summed E-state index contributed by atoms with van der Waals surface area (Å²) in [7, 11) is 0. The molecule has 2 rings (SSSR count). The van der Waals surface area contributed by atoms with Crippen molar-refractivity contribution in [3.05, 3.63) is 34.0 Å². The number of nitrogens with two attached hydrogens (primary N) is 1. The lowest BCUT2D eigenvalue weighted by Gasteiger charge is -2.15. The summed E-state index contributed by atoms with van der Waals surface area (Å²) in [5, 5.41) is 0.680. The number of halogens is 4. The Hall–Kier alpha value is -1.49. The van der Waals surface area contributed by atoms with Crippen molar-refractivity contribution in [3.63, 3.8) is 0 Å². The van der Waals surface area contributed by atoms with Gasteiger partial charge in [-0.05, 0) is 25.5 Å². The van der Waals surface area contributed by atoms with E-state index < -0.39 is 11.9 Å². The number of pyridine rings is 1. The van der Waals surface area contributed by atoms with Gasteiger partial charge in [0.2, 0.25) is 0 Å². The first kappa shape index (κ1) is 13.0. The van der Waals surface area contributed by atoms with E-state index in [4.69, 9.17) is 17.3 Å². The van der Waals surface area contributed by atoms with Gasteiger partial charge in [-0.3, -0.25) is 0 Å². The second-order valence-corrected chi connectivity index (χ2v) is 4.49. The minimum Gasteiger partial charge on any atom is -0.398 e. The highest BCUT2D eigenvalue weighted by Gasteiger charge is 2.36. The maximum atomic E-state index is 12.8. The van der Waals surface area contributed by atoms with E-state index in [1.165, 1.54) is 6.92 Å². The molecule has 2 N–H and O–H groups in total. The van der Waals surface area contributed by atoms with Crippen molar-refractivity contribution in [2.75, 3.05) is 5.73 Å². The van der Waals surface area contributed by atoms with Crippen LogP contribution in [0.4, 0.5) is 18.9 Å². The van der Waals surface area contributed by atoms with Gasteiger partial charge < -0.3 is 5.73 Å². The minimum absolute atomic E-state index is 0.0287. The average Bonchev–Trinajstić information content (AvgIpc) is 2.26. The Morgan fingerprint density at radius 1 is 1.22 bits per heavy atom. The fourth-order valence-corrected chi connectivity index (χ4v) is 2.11. The van der Waals surface area contributed by atoms with Crippen molar-refractivity contribution in [2.24, 2.45) is 0 Å². The number of hydrogen-bond donors (Lipinski definition) is 1. The summed E-state index contributed by atoms with van der Waals surface area (Å²) in [6.45, 7) is 2.96. The van der Waals surface area contributed by atoms with E-state index in [1.54, 1.807) is 19.1 Å². The average molecular weight is 275 g/mol. The third-order valence-electron chi connectivity index (χ3n) is 2.85. The molecule has 0 atom stereocenters. The van der Waals surface area contributed by atoms with Gasteiger partial charge in [0.15, 0.2) is 0 Å². The summed E-state index contributed by atoms with van der Waals surface area (Å²) in [5.74, 6) is 0. The molecule has 0 spiro atoms. The summed E-state index contributed by atoms with van der Waals surface area (Å²) in [5.41, 5.74) is 5.53. The monoisotopic (exact) mass is 274 g/mol. The number of aryl methyl sites for hydroxylation is 1. The van der Waals surface area contributed by atoms with Crippen molar-refractivity contribution in [2.45, 2.75) is 20.0 Å². The molecule has 0 aliphatic rings. The zero-order valence-electron chi connectivity index (χ0n) is 9.69. The maximum Gasteiger partial charge on any atom is 0.433 e. The van der Waals surface area contributed by atoms with Gasteiger partial charge in [0.1, 0.15) is 5.69 Å². The van der Waals surface area contributed by atoms with Crippen LogP contribution in [0.5, 0.6) is 0 Å². The number of rotatable bonds is 0. The van der Waals surface area contributed by atoms with Gasteiger partial charge in [-0.25, -0.2) is 4.98 Å². The Kier molecular flexibility index (Phi) is 2.89. The van der Waals surface area contributed by atoms with Crippen molar-refractivity contribution in [3.8, 4) is 0 Å². The number of nitrogens with zero attached hydrogens (tertiary/aromatic N) is 1. The Balaban J connectivity index is 2.97. The summed E-state index contributed by atoms with van der Waals surface area (Å²) in [4.78, 5) is 3.68. The van der Waals surface area contributed by atoms with Crippen LogP contribution in [-0.2, 0) is 6.18 Å². The van der Waals surface area contributed by atoms with Gasteiger partial charge >= 0.3 is 6.18 Å². The van der Waals surface area contributed by atoms with Gasteiger partial charge in [-0.2, -0.15) is 13.2 Å². The molecule has 0 amide bonds. The third-order valence-corrected chi connectivity index (χ3v) is 3.16. The summed E-state index contributed by atoms with van der Waals surface area (Å²) >= 11 is 5.97. The topological polar surface area (TPSA) is 38.9 Å². The summed E-state index contributed by atoms with van der Waals surface area (Å²) in [6, 6.07) is 3.22. The molecule has 1 aromatic carbocycles. The van der Waals surface area contributed by atoms with Gasteiger partial charge in [0.05, 0.1) is 10.5 Å². The molecule has 2 nitrogen and oxygen atoms in total. The molecule has 1 aromatic heterocycles. The normalized spacial score (nSPS) is 12.1. The van der Waals surface area contributed by atoms with Crippen molar-refractivity contribution in [1.82, 2.24) is 4.98 Å². The molecule has 2 aromatic rings. The van der Waals surface area contributed by atoms with E-state index in [2.05, 4.69) is 4.98 Å². The van der Waals surface area contributed by atoms with Crippen LogP contribution in [-0.4, -0.2) is 4.98 Å². The Morgan fingerprint density at radius 3 is 2.39 bits per heavy atom. The second-order valence-electron chi connectivity index (χ2n) is 4.08. The van der Waals surface area contributed by atoms with Crippen molar-refractivity contribution < 1.29 is 13.2 Å². The molecule has 0 bridgehead atoms. The lowest BCUT2D eigenvalue weighted by molar-refractivity contribution is -0.141. The number of benzene rings is 1. The van der Waals surface area contributed by atoms with E-state index in [0.717, 1.165) is 0 Å². The van der Waals surface area contributed by atoms with Crippen LogP contribution in [0.3, 0.4) is 0 Å². The van der Waals surface area contributed by atoms with Crippen LogP contribution in [0.25, 0.3) is 10.9 Å². The van der Waals surface area contributed by atoms with Crippen molar-refractivity contribution in [1.29, 1.82) is 0 Å². The number of alkyl halides is 3. The first-order valence-electron chi connectivity index (χ1n) is 5.15. The van der Waals surface area contributed by atoms with Crippen LogP contribution in [0.1, 0.15) is 16.8 Å². The van der Waals surface area contributed by atoms with Gasteiger partial charge in [0.25, 0.3) is 0 Å². The van der Waals surface area contributed by atoms with E-state index >= 15 is 0 Å². The van der Waals surface area contributed by atoms with E-state index in [9.17, 15) is 13.2 Å². The van der Waals surface area contributed by atoms with E-state index in [0.29, 0.717) is 16.0 Å². The Labute approximate surface area is 107 Å². The van der Waals surface area contributed by atoms with Crippen molar-refractivity contribution >= 4 is 28.2 Å². The second kappa shape index (κ2) is 4.02. The minimum atomic E-state index is -4.53. The largest absolute Gasteiger partial charge is 0.433 e. The number of hydrogen-bond acceptors (Lipinski definition) is 2. The predicted octanol–water partition coefficient (Wildman–Crippen LogP) is 4.11. The number of fused-ring (bicyclic) bond motifs is 1. The summed E-state index contributed by atoms with van der Waals surface area (Å²) in [6.07, 6.45) is -4.53. The molecule has 0 unspecified atom stereocenters. The van der Waals surface area contributed by atoms with Crippen LogP contribution < -0.4 is 5.73 Å². The lowest BCUT2D eigenvalue weighted by atomic mass is 10.0. The zero-order chi connectivity index (χ0) is 13.7. The van der Waals surface area contributed by atoms with E-state index in [-0.39, 0.29) is 16.8 Å². The van der Waals surface area contributed by atoms with E-state index in [1.807, 2.05) is 0 Å². The molecule has 18 heavy (non-hydrogen) atoms. The van der Waals surface area contributed by atoms with Gasteiger partial charge in [-0.1, -0.05) is 17.7 Å². The molecule has 0 aliphatic carbocycles. The highest BCUT2D eigenvalue weighted by atomic mass is 35.5. The zero-order valence-corrected chi connectivity index (χ0v) is 10.4. The van der Waals surface area contributed by atoms with Crippen LogP contribution >= 0.6 is 11.6 Å². The quantitative estimate of drug-likeness (QED) is 0.785. The lowest BCUT2D eigenvalue weighted by Crippen LogP contribution is -2.13. The molecular formula is C12H10ClF3N2. The first-order valence-corrected chi connectivity index (χ1v) is 5.53. The van der Waals surface area contributed by atoms with Crippen LogP contribution in [0, 0.1) is 13.8 Å². The number of aromatic nitrogens is 1. The fraction of sp³-hybridized carbons (Fsp3) is 0.250. The third kappa shape index (κ3) is 1.88. The highest BCUT2D eigenvalue weighted by molar-refractivity contribution is 6.36. The number of anilines is 1. The first-order chi connectivity index (χ1) is 8.23. The molecule has 0 radical (unpaired) electrons. The van der Waals surface area contributed by atoms with Crippen LogP contribution in [0.15, 0.2) is 12.1 Å². The SMILES string of the molecule is Cc1c(C(F)(F)F)nc2c(C)ccc(Cl)c2c1N. The molecule has 0 aliphatic heterocycles. The fourth-order valence-electron chi connectivity index (χ4n) is 1.86. The van der Waals surface area contributed by atoms with Gasteiger partial charge in [0, 0.05) is 16.6 Å². The molecular weight excluding hydrogens is 265 g/mol. The molecule has 0 saturated carbocycles. The molecule has 0 saturated heterocycles. The molecule has 0 fully saturated rings. The standard InChI is InChI=1S/C12H10ClF3N2/c1-5-3-4-7(13)8-9(17)6(2)11(12(14,15)16)18-10(5)8/h3-4H,1-2H3,(H2,17,18). The molecule has 1 heterocycles.